The Morgan fingerprint density at radius 1 is 1.33 bits per heavy atom. The summed E-state index contributed by atoms with van der Waals surface area (Å²) in [4.78, 5) is 22.6. The molecule has 2 heterocycles. The van der Waals surface area contributed by atoms with Crippen molar-refractivity contribution in [3.63, 3.8) is 0 Å². The van der Waals surface area contributed by atoms with E-state index in [1.807, 2.05) is 49.1 Å². The van der Waals surface area contributed by atoms with Crippen molar-refractivity contribution in [2.45, 2.75) is 13.8 Å². The van der Waals surface area contributed by atoms with Gasteiger partial charge in [0.2, 0.25) is 5.91 Å². The van der Waals surface area contributed by atoms with E-state index in [0.717, 1.165) is 29.6 Å². The number of aryl methyl sites for hydroxylation is 1. The minimum absolute atomic E-state index is 0.0463. The molecule has 0 aliphatic carbocycles. The Kier molecular flexibility index (Phi) is 3.43. The van der Waals surface area contributed by atoms with Crippen molar-refractivity contribution >= 4 is 28.9 Å². The normalized spacial score (nSPS) is 13.6. The maximum absolute atomic E-state index is 11.9. The number of hydrogen-bond donors (Lipinski definition) is 2. The topological polar surface area (TPSA) is 70.2 Å². The Morgan fingerprint density at radius 3 is 2.95 bits per heavy atom. The summed E-state index contributed by atoms with van der Waals surface area (Å²) in [6, 6.07) is 9.57. The third-order valence-corrected chi connectivity index (χ3v) is 3.23. The molecule has 0 bridgehead atoms. The molecule has 6 heteroatoms. The molecule has 108 valence electrons. The van der Waals surface area contributed by atoms with Crippen molar-refractivity contribution in [3.8, 4) is 0 Å². The van der Waals surface area contributed by atoms with Crippen molar-refractivity contribution < 1.29 is 4.79 Å². The molecule has 1 amide bonds. The first-order valence-electron chi connectivity index (χ1n) is 6.93. The third-order valence-electron chi connectivity index (χ3n) is 3.23. The third kappa shape index (κ3) is 2.65. The summed E-state index contributed by atoms with van der Waals surface area (Å²) >= 11 is 0. The second-order valence-corrected chi connectivity index (χ2v) is 4.84. The molecule has 0 unspecified atom stereocenters. The molecule has 1 aliphatic rings. The van der Waals surface area contributed by atoms with Crippen molar-refractivity contribution in [2.24, 2.45) is 0 Å². The Labute approximate surface area is 123 Å². The number of carbonyl (C=O) groups excluding carboxylic acids is 1. The van der Waals surface area contributed by atoms with Crippen molar-refractivity contribution in [3.05, 3.63) is 36.2 Å². The number of amides is 1. The van der Waals surface area contributed by atoms with Gasteiger partial charge in [-0.3, -0.25) is 4.79 Å². The van der Waals surface area contributed by atoms with Gasteiger partial charge in [-0.25, -0.2) is 9.97 Å². The van der Waals surface area contributed by atoms with E-state index in [9.17, 15) is 4.79 Å². The maximum Gasteiger partial charge on any atom is 0.244 e. The van der Waals surface area contributed by atoms with E-state index in [4.69, 9.17) is 0 Å². The first-order chi connectivity index (χ1) is 10.2. The largest absolute Gasteiger partial charge is 0.370 e. The first kappa shape index (κ1) is 13.4. The molecule has 21 heavy (non-hydrogen) atoms. The molecule has 0 atom stereocenters. The number of para-hydroxylation sites is 2. The molecular weight excluding hydrogens is 266 g/mol. The van der Waals surface area contributed by atoms with Crippen LogP contribution in [0.1, 0.15) is 12.7 Å². The summed E-state index contributed by atoms with van der Waals surface area (Å²) in [5, 5.41) is 6.06. The predicted octanol–water partition coefficient (Wildman–Crippen LogP) is 2.31. The highest BCUT2D eigenvalue weighted by Gasteiger charge is 2.24. The van der Waals surface area contributed by atoms with Gasteiger partial charge in [-0.2, -0.15) is 0 Å². The van der Waals surface area contributed by atoms with Gasteiger partial charge in [-0.1, -0.05) is 12.1 Å². The average molecular weight is 283 g/mol. The molecule has 1 aliphatic heterocycles. The lowest BCUT2D eigenvalue weighted by molar-refractivity contribution is -0.115. The van der Waals surface area contributed by atoms with Crippen LogP contribution in [0.3, 0.4) is 0 Å². The Balaban J connectivity index is 2.06. The van der Waals surface area contributed by atoms with E-state index >= 15 is 0 Å². The predicted molar refractivity (Wildman–Crippen MR) is 83.0 cm³/mol. The second-order valence-electron chi connectivity index (χ2n) is 4.84. The fourth-order valence-electron chi connectivity index (χ4n) is 2.40. The highest BCUT2D eigenvalue weighted by Crippen LogP contribution is 2.34. The molecule has 0 spiro atoms. The van der Waals surface area contributed by atoms with Crippen LogP contribution in [0.15, 0.2) is 30.3 Å². The zero-order valence-corrected chi connectivity index (χ0v) is 12.1. The Morgan fingerprint density at radius 2 is 2.14 bits per heavy atom. The van der Waals surface area contributed by atoms with E-state index in [0.29, 0.717) is 5.82 Å². The number of rotatable bonds is 3. The lowest BCUT2D eigenvalue weighted by Gasteiger charge is -2.30. The Hall–Kier alpha value is -2.63. The molecule has 2 aromatic rings. The van der Waals surface area contributed by atoms with Crippen molar-refractivity contribution in [1.29, 1.82) is 0 Å². The summed E-state index contributed by atoms with van der Waals surface area (Å²) in [5.41, 5.74) is 1.74. The van der Waals surface area contributed by atoms with Crippen molar-refractivity contribution in [1.82, 2.24) is 9.97 Å². The van der Waals surface area contributed by atoms with Gasteiger partial charge in [-0.15, -0.1) is 0 Å². The van der Waals surface area contributed by atoms with Gasteiger partial charge in [0.15, 0.2) is 0 Å². The number of fused-ring (bicyclic) bond motifs is 1. The van der Waals surface area contributed by atoms with Gasteiger partial charge in [0.1, 0.15) is 24.0 Å². The highest BCUT2D eigenvalue weighted by atomic mass is 16.2. The molecule has 0 saturated heterocycles. The highest BCUT2D eigenvalue weighted by molar-refractivity contribution is 6.02. The number of nitrogens with one attached hydrogen (secondary N) is 2. The van der Waals surface area contributed by atoms with Gasteiger partial charge in [0.25, 0.3) is 0 Å². The van der Waals surface area contributed by atoms with Crippen LogP contribution in [0.4, 0.5) is 23.0 Å². The second kappa shape index (κ2) is 5.40. The molecule has 1 aromatic carbocycles. The SMILES string of the molecule is CCNc1cc(N2CC(=O)Nc3ccccc32)nc(C)n1. The Bertz CT molecular complexity index is 686. The van der Waals surface area contributed by atoms with Crippen LogP contribution >= 0.6 is 0 Å². The molecule has 0 saturated carbocycles. The molecule has 6 nitrogen and oxygen atoms in total. The van der Waals surface area contributed by atoms with Crippen LogP contribution in [0.5, 0.6) is 0 Å². The van der Waals surface area contributed by atoms with E-state index in [2.05, 4.69) is 20.6 Å². The minimum Gasteiger partial charge on any atom is -0.370 e. The smallest absolute Gasteiger partial charge is 0.244 e. The molecule has 3 rings (SSSR count). The van der Waals surface area contributed by atoms with Crippen LogP contribution in [0.2, 0.25) is 0 Å². The fraction of sp³-hybridized carbons (Fsp3) is 0.267. The maximum atomic E-state index is 11.9. The summed E-state index contributed by atoms with van der Waals surface area (Å²) in [6.07, 6.45) is 0. The fourth-order valence-corrected chi connectivity index (χ4v) is 2.40. The number of nitrogens with zero attached hydrogens (tertiary/aromatic N) is 3. The molecule has 0 radical (unpaired) electrons. The number of anilines is 4. The van der Waals surface area contributed by atoms with Gasteiger partial charge >= 0.3 is 0 Å². The number of aromatic nitrogens is 2. The monoisotopic (exact) mass is 283 g/mol. The first-order valence-corrected chi connectivity index (χ1v) is 6.93. The standard InChI is InChI=1S/C15H17N5O/c1-3-16-13-8-14(18-10(2)17-13)20-9-15(21)19-11-6-4-5-7-12(11)20/h4-8H,3,9H2,1-2H3,(H,19,21)(H,16,17,18). The van der Waals surface area contributed by atoms with E-state index in [1.165, 1.54) is 0 Å². The molecule has 0 fully saturated rings. The van der Waals surface area contributed by atoms with Crippen LogP contribution in [-0.4, -0.2) is 29.0 Å². The minimum atomic E-state index is -0.0463. The van der Waals surface area contributed by atoms with Gasteiger partial charge in [0, 0.05) is 12.6 Å². The van der Waals surface area contributed by atoms with E-state index < -0.39 is 0 Å². The zero-order chi connectivity index (χ0) is 14.8. The van der Waals surface area contributed by atoms with Crippen molar-refractivity contribution in [2.75, 3.05) is 28.6 Å². The molecule has 1 aromatic heterocycles. The number of carbonyl (C=O) groups is 1. The lowest BCUT2D eigenvalue weighted by Crippen LogP contribution is -2.35. The van der Waals surface area contributed by atoms with Gasteiger partial charge in [0.05, 0.1) is 11.4 Å². The summed E-state index contributed by atoms with van der Waals surface area (Å²) in [6.45, 7) is 4.90. The van der Waals surface area contributed by atoms with Crippen LogP contribution in [0.25, 0.3) is 0 Å². The number of benzene rings is 1. The van der Waals surface area contributed by atoms with E-state index in [1.54, 1.807) is 0 Å². The number of hydrogen-bond acceptors (Lipinski definition) is 5. The quantitative estimate of drug-likeness (QED) is 0.904. The van der Waals surface area contributed by atoms with Crippen LogP contribution in [0, 0.1) is 6.92 Å². The van der Waals surface area contributed by atoms with E-state index in [-0.39, 0.29) is 12.5 Å². The van der Waals surface area contributed by atoms with Gasteiger partial charge < -0.3 is 15.5 Å². The summed E-state index contributed by atoms with van der Waals surface area (Å²) < 4.78 is 0. The zero-order valence-electron chi connectivity index (χ0n) is 12.1. The summed E-state index contributed by atoms with van der Waals surface area (Å²) in [5.74, 6) is 2.12. The van der Waals surface area contributed by atoms with Crippen LogP contribution in [-0.2, 0) is 4.79 Å². The summed E-state index contributed by atoms with van der Waals surface area (Å²) in [7, 11) is 0. The van der Waals surface area contributed by atoms with Crippen LogP contribution < -0.4 is 15.5 Å². The lowest BCUT2D eigenvalue weighted by atomic mass is 10.2. The molecule has 2 N–H and O–H groups in total. The average Bonchev–Trinajstić information content (AvgIpc) is 2.46. The molecular formula is C15H17N5O. The van der Waals surface area contributed by atoms with Gasteiger partial charge in [-0.05, 0) is 26.0 Å².